The van der Waals surface area contributed by atoms with Gasteiger partial charge in [-0.2, -0.15) is 5.26 Å². The molecule has 7 nitrogen and oxygen atoms in total. The summed E-state index contributed by atoms with van der Waals surface area (Å²) in [6, 6.07) is 9.45. The van der Waals surface area contributed by atoms with E-state index in [0.717, 1.165) is 18.4 Å². The van der Waals surface area contributed by atoms with Crippen molar-refractivity contribution in [1.29, 1.82) is 5.26 Å². The molecule has 0 bridgehead atoms. The number of aromatic nitrogens is 1. The Labute approximate surface area is 190 Å². The summed E-state index contributed by atoms with van der Waals surface area (Å²) >= 11 is 1.30. The Balaban J connectivity index is 1.31. The van der Waals surface area contributed by atoms with Gasteiger partial charge in [-0.25, -0.2) is 9.78 Å². The van der Waals surface area contributed by atoms with Gasteiger partial charge in [-0.05, 0) is 49.3 Å². The van der Waals surface area contributed by atoms with Gasteiger partial charge in [0, 0.05) is 17.7 Å². The van der Waals surface area contributed by atoms with E-state index in [1.165, 1.54) is 16.7 Å². The molecule has 1 unspecified atom stereocenters. The van der Waals surface area contributed by atoms with Crippen LogP contribution in [0.15, 0.2) is 41.8 Å². The first-order valence-electron chi connectivity index (χ1n) is 10.8. The number of aliphatic hydroxyl groups is 2. The van der Waals surface area contributed by atoms with Gasteiger partial charge in [-0.15, -0.1) is 11.3 Å². The summed E-state index contributed by atoms with van der Waals surface area (Å²) in [7, 11) is 0. The van der Waals surface area contributed by atoms with Crippen LogP contribution in [0.4, 0.5) is 0 Å². The van der Waals surface area contributed by atoms with Gasteiger partial charge in [0.15, 0.2) is 5.69 Å². The zero-order valence-corrected chi connectivity index (χ0v) is 18.3. The number of carboxylic acids is 1. The van der Waals surface area contributed by atoms with Gasteiger partial charge in [0.1, 0.15) is 11.1 Å². The van der Waals surface area contributed by atoms with Crippen molar-refractivity contribution in [1.82, 2.24) is 4.98 Å². The molecule has 2 aliphatic rings. The van der Waals surface area contributed by atoms with E-state index in [9.17, 15) is 15.0 Å². The largest absolute Gasteiger partial charge is 0.476 e. The first-order valence-corrected chi connectivity index (χ1v) is 11.7. The van der Waals surface area contributed by atoms with E-state index in [2.05, 4.69) is 11.1 Å². The topological polar surface area (TPSA) is 124 Å². The van der Waals surface area contributed by atoms with E-state index in [-0.39, 0.29) is 29.7 Å². The summed E-state index contributed by atoms with van der Waals surface area (Å²) in [5.74, 6) is -0.945. The molecule has 1 saturated carbocycles. The standard InChI is InChI=1S/C24H26N2O5S/c25-12-15-3-1-14(2-4-15)5-6-16(27)7-8-17-18-9-10-21(31-22(18)11-20(17)28)23-26-19(13-32-23)24(29)30/h1-4,7-8,13,16-18,20-22,27-28H,5-6,9-11H2,(H,29,30)/b8-7+/t16?,17-,18-,20-,21-,22+/m1/s1. The molecule has 2 fully saturated rings. The highest BCUT2D eigenvalue weighted by molar-refractivity contribution is 7.09. The lowest BCUT2D eigenvalue weighted by Crippen LogP contribution is -2.30. The van der Waals surface area contributed by atoms with Crippen LogP contribution < -0.4 is 0 Å². The molecule has 1 saturated heterocycles. The van der Waals surface area contributed by atoms with Crippen LogP contribution in [-0.2, 0) is 11.2 Å². The molecule has 2 aromatic rings. The lowest BCUT2D eigenvalue weighted by molar-refractivity contribution is -0.0767. The van der Waals surface area contributed by atoms with Crippen LogP contribution in [0.2, 0.25) is 0 Å². The van der Waals surface area contributed by atoms with Gasteiger partial charge in [0.25, 0.3) is 0 Å². The summed E-state index contributed by atoms with van der Waals surface area (Å²) < 4.78 is 6.20. The molecule has 1 aromatic carbocycles. The average Bonchev–Trinajstić information content (AvgIpc) is 3.40. The number of aliphatic hydroxyl groups excluding tert-OH is 2. The van der Waals surface area contributed by atoms with Crippen molar-refractivity contribution in [3.63, 3.8) is 0 Å². The maximum Gasteiger partial charge on any atom is 0.355 e. The number of aromatic carboxylic acids is 1. The smallest absolute Gasteiger partial charge is 0.355 e. The Bertz CT molecular complexity index is 1010. The molecule has 1 aliphatic heterocycles. The van der Waals surface area contributed by atoms with Crippen molar-refractivity contribution in [3.8, 4) is 6.07 Å². The van der Waals surface area contributed by atoms with Crippen LogP contribution in [-0.4, -0.2) is 44.6 Å². The molecule has 0 spiro atoms. The summed E-state index contributed by atoms with van der Waals surface area (Å²) in [5.41, 5.74) is 1.73. The SMILES string of the molecule is N#Cc1ccc(CCC(O)/C=C/[C@@H]2[C@H]3CC[C@H](c4nc(C(=O)O)cs4)O[C@H]3C[C@H]2O)cc1. The second-order valence-electron chi connectivity index (χ2n) is 8.46. The van der Waals surface area contributed by atoms with E-state index in [1.807, 2.05) is 18.2 Å². The minimum Gasteiger partial charge on any atom is -0.476 e. The van der Waals surface area contributed by atoms with Gasteiger partial charge in [0.05, 0.1) is 29.9 Å². The minimum atomic E-state index is -1.04. The molecule has 6 atom stereocenters. The number of thiazole rings is 1. The van der Waals surface area contributed by atoms with Crippen LogP contribution in [0.1, 0.15) is 58.4 Å². The highest BCUT2D eigenvalue weighted by atomic mass is 32.1. The number of rotatable bonds is 7. The van der Waals surface area contributed by atoms with Crippen LogP contribution in [0.3, 0.4) is 0 Å². The fraction of sp³-hybridized carbons (Fsp3) is 0.458. The molecular formula is C24H26N2O5S. The van der Waals surface area contributed by atoms with E-state index in [0.29, 0.717) is 29.8 Å². The Morgan fingerprint density at radius 1 is 1.34 bits per heavy atom. The van der Waals surface area contributed by atoms with Crippen molar-refractivity contribution < 1.29 is 24.9 Å². The summed E-state index contributed by atoms with van der Waals surface area (Å²) in [6.07, 6.45) is 5.58. The molecule has 0 radical (unpaired) electrons. The van der Waals surface area contributed by atoms with Crippen molar-refractivity contribution in [2.75, 3.05) is 0 Å². The van der Waals surface area contributed by atoms with Crippen LogP contribution >= 0.6 is 11.3 Å². The number of ether oxygens (including phenoxy) is 1. The predicted molar refractivity (Wildman–Crippen MR) is 118 cm³/mol. The second-order valence-corrected chi connectivity index (χ2v) is 9.35. The van der Waals surface area contributed by atoms with Gasteiger partial charge >= 0.3 is 5.97 Å². The molecule has 3 N–H and O–H groups in total. The molecule has 168 valence electrons. The molecule has 0 amide bonds. The maximum atomic E-state index is 11.1. The van der Waals surface area contributed by atoms with Gasteiger partial charge in [-0.1, -0.05) is 24.3 Å². The quantitative estimate of drug-likeness (QED) is 0.547. The first-order chi connectivity index (χ1) is 15.4. The third-order valence-electron chi connectivity index (χ3n) is 6.38. The van der Waals surface area contributed by atoms with Gasteiger partial charge in [0.2, 0.25) is 0 Å². The van der Waals surface area contributed by atoms with E-state index >= 15 is 0 Å². The molecular weight excluding hydrogens is 428 g/mol. The maximum absolute atomic E-state index is 11.1. The van der Waals surface area contributed by atoms with Crippen LogP contribution in [0.25, 0.3) is 0 Å². The zero-order valence-electron chi connectivity index (χ0n) is 17.5. The average molecular weight is 455 g/mol. The highest BCUT2D eigenvalue weighted by Crippen LogP contribution is 2.46. The Hall–Kier alpha value is -2.57. The van der Waals surface area contributed by atoms with Crippen molar-refractivity contribution in [2.45, 2.75) is 56.5 Å². The molecule has 32 heavy (non-hydrogen) atoms. The number of hydrogen-bond acceptors (Lipinski definition) is 7. The lowest BCUT2D eigenvalue weighted by atomic mass is 9.86. The van der Waals surface area contributed by atoms with Crippen molar-refractivity contribution in [3.05, 3.63) is 63.6 Å². The predicted octanol–water partition coefficient (Wildman–Crippen LogP) is 3.48. The third kappa shape index (κ3) is 5.08. The fourth-order valence-electron chi connectivity index (χ4n) is 4.66. The molecule has 8 heteroatoms. The highest BCUT2D eigenvalue weighted by Gasteiger charge is 2.45. The summed E-state index contributed by atoms with van der Waals surface area (Å²) in [4.78, 5) is 15.2. The minimum absolute atomic E-state index is 0.0398. The summed E-state index contributed by atoms with van der Waals surface area (Å²) in [5, 5.41) is 41.1. The molecule has 4 rings (SSSR count). The summed E-state index contributed by atoms with van der Waals surface area (Å²) in [6.45, 7) is 0. The van der Waals surface area contributed by atoms with Crippen LogP contribution in [0, 0.1) is 23.2 Å². The van der Waals surface area contributed by atoms with Crippen molar-refractivity contribution in [2.24, 2.45) is 11.8 Å². The monoisotopic (exact) mass is 454 g/mol. The molecule has 2 heterocycles. The number of benzene rings is 1. The molecule has 1 aliphatic carbocycles. The number of nitrogens with zero attached hydrogens (tertiary/aromatic N) is 2. The Morgan fingerprint density at radius 3 is 2.81 bits per heavy atom. The second kappa shape index (κ2) is 9.92. The number of aryl methyl sites for hydroxylation is 1. The zero-order chi connectivity index (χ0) is 22.7. The normalized spacial score (nSPS) is 28.3. The first kappa shape index (κ1) is 22.6. The van der Waals surface area contributed by atoms with E-state index < -0.39 is 18.2 Å². The number of nitriles is 1. The van der Waals surface area contributed by atoms with Gasteiger partial charge in [-0.3, -0.25) is 0 Å². The third-order valence-corrected chi connectivity index (χ3v) is 7.31. The Morgan fingerprint density at radius 2 is 2.12 bits per heavy atom. The van der Waals surface area contributed by atoms with Gasteiger partial charge < -0.3 is 20.1 Å². The van der Waals surface area contributed by atoms with Crippen LogP contribution in [0.5, 0.6) is 0 Å². The fourth-order valence-corrected chi connectivity index (χ4v) is 5.52. The van der Waals surface area contributed by atoms with E-state index in [4.69, 9.17) is 15.1 Å². The van der Waals surface area contributed by atoms with E-state index in [1.54, 1.807) is 18.2 Å². The van der Waals surface area contributed by atoms with Crippen molar-refractivity contribution >= 4 is 17.3 Å². The molecule has 1 aromatic heterocycles. The number of hydrogen-bond donors (Lipinski definition) is 3. The lowest BCUT2D eigenvalue weighted by Gasteiger charge is -2.33. The number of carbonyl (C=O) groups is 1. The Kier molecular flexibility index (Phi) is 7.01. The number of carboxylic acid groups (broad SMARTS) is 1. The number of fused-ring (bicyclic) bond motifs is 1.